The highest BCUT2D eigenvalue weighted by Gasteiger charge is 2.15. The highest BCUT2D eigenvalue weighted by atomic mass is 32.1. The summed E-state index contributed by atoms with van der Waals surface area (Å²) in [5.74, 6) is -0.127. The van der Waals surface area contributed by atoms with E-state index in [0.29, 0.717) is 5.69 Å². The van der Waals surface area contributed by atoms with E-state index in [4.69, 9.17) is 0 Å². The van der Waals surface area contributed by atoms with Crippen LogP contribution in [0.3, 0.4) is 0 Å². The largest absolute Gasteiger partial charge is 0.332 e. The fourth-order valence-corrected chi connectivity index (χ4v) is 2.97. The van der Waals surface area contributed by atoms with Gasteiger partial charge in [0.15, 0.2) is 0 Å². The lowest BCUT2D eigenvalue weighted by Gasteiger charge is -2.18. The fraction of sp³-hybridized carbons (Fsp3) is 0.353. The zero-order chi connectivity index (χ0) is 17.7. The number of hydrogen-bond donors (Lipinski definition) is 3. The van der Waals surface area contributed by atoms with Gasteiger partial charge in [-0.05, 0) is 38.5 Å². The molecule has 0 unspecified atom stereocenters. The summed E-state index contributed by atoms with van der Waals surface area (Å²) >= 11 is 1.56. The minimum atomic E-state index is -0.259. The van der Waals surface area contributed by atoms with Crippen molar-refractivity contribution >= 4 is 29.0 Å². The van der Waals surface area contributed by atoms with Gasteiger partial charge in [0.05, 0.1) is 22.8 Å². The molecule has 3 amide bonds. The number of hydrogen-bond acceptors (Lipinski definition) is 4. The zero-order valence-corrected chi connectivity index (χ0v) is 15.0. The van der Waals surface area contributed by atoms with Crippen LogP contribution in [0.5, 0.6) is 0 Å². The predicted octanol–water partition coefficient (Wildman–Crippen LogP) is 3.53. The zero-order valence-electron chi connectivity index (χ0n) is 14.2. The monoisotopic (exact) mass is 346 g/mol. The first kappa shape index (κ1) is 17.9. The maximum atomic E-state index is 12.2. The number of amides is 3. The molecular weight excluding hydrogens is 324 g/mol. The van der Waals surface area contributed by atoms with Crippen molar-refractivity contribution in [3.05, 3.63) is 45.9 Å². The standard InChI is InChI=1S/C17H22N4O2S/c1-10(14-6-5-7-15(8-14)20-12(3)22)18-17(23)19-11(2)16-9-24-13(4)21-16/h5-11H,1-4H3,(H,20,22)(H2,18,19,23)/t10-,11+/m1/s1. The molecule has 0 saturated carbocycles. The lowest BCUT2D eigenvalue weighted by atomic mass is 10.1. The molecule has 1 aromatic carbocycles. The topological polar surface area (TPSA) is 83.1 Å². The maximum Gasteiger partial charge on any atom is 0.315 e. The number of nitrogens with one attached hydrogen (secondary N) is 3. The number of carbonyl (C=O) groups is 2. The van der Waals surface area contributed by atoms with Gasteiger partial charge >= 0.3 is 6.03 Å². The highest BCUT2D eigenvalue weighted by molar-refractivity contribution is 7.09. The van der Waals surface area contributed by atoms with Crippen LogP contribution in [-0.2, 0) is 4.79 Å². The van der Waals surface area contributed by atoms with Crippen molar-refractivity contribution in [3.63, 3.8) is 0 Å². The molecule has 3 N–H and O–H groups in total. The first-order valence-electron chi connectivity index (χ1n) is 7.71. The number of thiazole rings is 1. The summed E-state index contributed by atoms with van der Waals surface area (Å²) in [6.07, 6.45) is 0. The Morgan fingerprint density at radius 1 is 1.17 bits per heavy atom. The molecule has 0 bridgehead atoms. The minimum absolute atomic E-state index is 0.127. The van der Waals surface area contributed by atoms with Gasteiger partial charge in [-0.15, -0.1) is 11.3 Å². The Morgan fingerprint density at radius 3 is 2.50 bits per heavy atom. The molecule has 0 aliphatic heterocycles. The second-order valence-electron chi connectivity index (χ2n) is 5.66. The van der Waals surface area contributed by atoms with E-state index < -0.39 is 0 Å². The Morgan fingerprint density at radius 2 is 1.88 bits per heavy atom. The van der Waals surface area contributed by atoms with Crippen LogP contribution in [0.2, 0.25) is 0 Å². The molecule has 0 fully saturated rings. The Balaban J connectivity index is 1.94. The lowest BCUT2D eigenvalue weighted by molar-refractivity contribution is -0.114. The summed E-state index contributed by atoms with van der Waals surface area (Å²) in [5, 5.41) is 11.4. The Labute approximate surface area is 145 Å². The predicted molar refractivity (Wildman–Crippen MR) is 96.1 cm³/mol. The third kappa shape index (κ3) is 5.06. The number of urea groups is 1. The normalized spacial score (nSPS) is 13.0. The summed E-state index contributed by atoms with van der Waals surface area (Å²) in [4.78, 5) is 27.7. The van der Waals surface area contributed by atoms with E-state index in [-0.39, 0.29) is 24.0 Å². The molecule has 2 aromatic rings. The second kappa shape index (κ2) is 7.92. The van der Waals surface area contributed by atoms with Crippen LogP contribution in [0.15, 0.2) is 29.6 Å². The van der Waals surface area contributed by atoms with Crippen molar-refractivity contribution in [2.24, 2.45) is 0 Å². The summed E-state index contributed by atoms with van der Waals surface area (Å²) in [6.45, 7) is 7.19. The van der Waals surface area contributed by atoms with E-state index in [0.717, 1.165) is 16.3 Å². The van der Waals surface area contributed by atoms with E-state index >= 15 is 0 Å². The third-order valence-electron chi connectivity index (χ3n) is 3.48. The number of benzene rings is 1. The number of anilines is 1. The van der Waals surface area contributed by atoms with Crippen LogP contribution in [0.4, 0.5) is 10.5 Å². The summed E-state index contributed by atoms with van der Waals surface area (Å²) < 4.78 is 0. The number of aromatic nitrogens is 1. The maximum absolute atomic E-state index is 12.2. The Hall–Kier alpha value is -2.41. The molecule has 0 aliphatic rings. The van der Waals surface area contributed by atoms with Gasteiger partial charge in [-0.1, -0.05) is 12.1 Å². The van der Waals surface area contributed by atoms with E-state index in [2.05, 4.69) is 20.9 Å². The summed E-state index contributed by atoms with van der Waals surface area (Å²) in [5.41, 5.74) is 2.47. The molecule has 2 rings (SSSR count). The number of nitrogens with zero attached hydrogens (tertiary/aromatic N) is 1. The molecular formula is C17H22N4O2S. The van der Waals surface area contributed by atoms with Crippen LogP contribution in [0.1, 0.15) is 49.1 Å². The average Bonchev–Trinajstić information content (AvgIpc) is 2.93. The molecule has 24 heavy (non-hydrogen) atoms. The smallest absolute Gasteiger partial charge is 0.315 e. The molecule has 2 atom stereocenters. The van der Waals surface area contributed by atoms with Gasteiger partial charge in [0, 0.05) is 18.0 Å². The van der Waals surface area contributed by atoms with E-state index in [1.807, 2.05) is 50.4 Å². The molecule has 0 radical (unpaired) electrons. The molecule has 1 heterocycles. The SMILES string of the molecule is CC(=O)Nc1cccc([C@@H](C)NC(=O)N[C@@H](C)c2csc(C)n2)c1. The highest BCUT2D eigenvalue weighted by Crippen LogP contribution is 2.18. The second-order valence-corrected chi connectivity index (χ2v) is 6.72. The summed E-state index contributed by atoms with van der Waals surface area (Å²) in [7, 11) is 0. The molecule has 7 heteroatoms. The van der Waals surface area contributed by atoms with Crippen LogP contribution in [0, 0.1) is 6.92 Å². The minimum Gasteiger partial charge on any atom is -0.332 e. The van der Waals surface area contributed by atoms with E-state index in [9.17, 15) is 9.59 Å². The Bertz CT molecular complexity index is 729. The number of rotatable bonds is 5. The lowest BCUT2D eigenvalue weighted by Crippen LogP contribution is -2.38. The van der Waals surface area contributed by atoms with Gasteiger partial charge < -0.3 is 16.0 Å². The first-order valence-corrected chi connectivity index (χ1v) is 8.59. The van der Waals surface area contributed by atoms with Gasteiger partial charge in [0.2, 0.25) is 5.91 Å². The van der Waals surface area contributed by atoms with Crippen LogP contribution < -0.4 is 16.0 Å². The fourth-order valence-electron chi connectivity index (χ4n) is 2.26. The van der Waals surface area contributed by atoms with Crippen LogP contribution >= 0.6 is 11.3 Å². The van der Waals surface area contributed by atoms with E-state index in [1.165, 1.54) is 6.92 Å². The van der Waals surface area contributed by atoms with Gasteiger partial charge in [0.25, 0.3) is 0 Å². The Kier molecular flexibility index (Phi) is 5.92. The molecule has 0 saturated heterocycles. The van der Waals surface area contributed by atoms with Crippen LogP contribution in [-0.4, -0.2) is 16.9 Å². The third-order valence-corrected chi connectivity index (χ3v) is 4.27. The van der Waals surface area contributed by atoms with Crippen molar-refractivity contribution in [1.29, 1.82) is 0 Å². The first-order chi connectivity index (χ1) is 11.3. The van der Waals surface area contributed by atoms with Gasteiger partial charge in [0.1, 0.15) is 0 Å². The van der Waals surface area contributed by atoms with Gasteiger partial charge in [-0.25, -0.2) is 9.78 Å². The van der Waals surface area contributed by atoms with Gasteiger partial charge in [-0.2, -0.15) is 0 Å². The van der Waals surface area contributed by atoms with Crippen molar-refractivity contribution in [2.45, 2.75) is 39.8 Å². The molecule has 128 valence electrons. The van der Waals surface area contributed by atoms with E-state index in [1.54, 1.807) is 11.3 Å². The molecule has 6 nitrogen and oxygen atoms in total. The van der Waals surface area contributed by atoms with Crippen molar-refractivity contribution in [2.75, 3.05) is 5.32 Å². The van der Waals surface area contributed by atoms with Crippen molar-refractivity contribution in [1.82, 2.24) is 15.6 Å². The number of aryl methyl sites for hydroxylation is 1. The summed E-state index contributed by atoms with van der Waals surface area (Å²) in [6, 6.07) is 6.80. The van der Waals surface area contributed by atoms with Crippen molar-refractivity contribution in [3.8, 4) is 0 Å². The number of carbonyl (C=O) groups excluding carboxylic acids is 2. The molecule has 0 spiro atoms. The molecule has 1 aromatic heterocycles. The quantitative estimate of drug-likeness (QED) is 0.774. The van der Waals surface area contributed by atoms with Gasteiger partial charge in [-0.3, -0.25) is 4.79 Å². The average molecular weight is 346 g/mol. The van der Waals surface area contributed by atoms with Crippen molar-refractivity contribution < 1.29 is 9.59 Å². The van der Waals surface area contributed by atoms with Crippen LogP contribution in [0.25, 0.3) is 0 Å². The molecule has 0 aliphatic carbocycles.